The lowest BCUT2D eigenvalue weighted by atomic mass is 9.08. The van der Waals surface area contributed by atoms with Gasteiger partial charge in [-0.3, -0.25) is 0 Å². The van der Waals surface area contributed by atoms with Crippen LogP contribution in [0.2, 0.25) is 0 Å². The first kappa shape index (κ1) is 15.5. The summed E-state index contributed by atoms with van der Waals surface area (Å²) < 4.78 is 0. The molecule has 78 valence electrons. The van der Waals surface area contributed by atoms with Crippen LogP contribution in [-0.2, 0) is 11.8 Å². The first-order valence-corrected chi connectivity index (χ1v) is 5.63. The predicted molar refractivity (Wildman–Crippen MR) is 77.5 cm³/mol. The van der Waals surface area contributed by atoms with Gasteiger partial charge < -0.3 is 0 Å². The normalized spacial score (nSPS) is 10.2. The van der Waals surface area contributed by atoms with Gasteiger partial charge in [-0.2, -0.15) is 0 Å². The van der Waals surface area contributed by atoms with Crippen LogP contribution in [-0.4, -0.2) is 29.6 Å². The van der Waals surface area contributed by atoms with E-state index in [9.17, 15) is 0 Å². The summed E-state index contributed by atoms with van der Waals surface area (Å²) in [6.45, 7) is 8.92. The molecular formula is C12H18B4. The van der Waals surface area contributed by atoms with E-state index in [2.05, 4.69) is 75.2 Å². The third-order valence-electron chi connectivity index (χ3n) is 2.23. The fraction of sp³-hybridized carbons (Fsp3) is 0.500. The van der Waals surface area contributed by atoms with E-state index in [0.717, 1.165) is 6.42 Å². The molecule has 0 aliphatic heterocycles. The Morgan fingerprint density at radius 1 is 1.00 bits per heavy atom. The van der Waals surface area contributed by atoms with E-state index in [0.29, 0.717) is 0 Å². The van der Waals surface area contributed by atoms with E-state index in [1.54, 1.807) is 0 Å². The van der Waals surface area contributed by atoms with Crippen LogP contribution >= 0.6 is 0 Å². The van der Waals surface area contributed by atoms with Gasteiger partial charge in [0.25, 0.3) is 0 Å². The smallest absolute Gasteiger partial charge is 0 e. The lowest BCUT2D eigenvalue weighted by Gasteiger charge is -2.18. The summed E-state index contributed by atoms with van der Waals surface area (Å²) in [5, 5.41) is 0. The van der Waals surface area contributed by atoms with Crippen LogP contribution in [0.5, 0.6) is 0 Å². The van der Waals surface area contributed by atoms with Crippen molar-refractivity contribution >= 4 is 29.6 Å². The van der Waals surface area contributed by atoms with E-state index in [-0.39, 0.29) is 5.41 Å². The molecule has 0 atom stereocenters. The monoisotopic (exact) mass is 206 g/mol. The Balaban J connectivity index is 0.000000487. The highest BCUT2D eigenvalue weighted by Crippen LogP contribution is 2.22. The van der Waals surface area contributed by atoms with Gasteiger partial charge in [0.15, 0.2) is 0 Å². The minimum absolute atomic E-state index is 0.284. The molecule has 0 aliphatic rings. The Hall–Kier alpha value is -0.520. The van der Waals surface area contributed by atoms with Crippen molar-refractivity contribution in [1.29, 1.82) is 0 Å². The molecule has 0 amide bonds. The summed E-state index contributed by atoms with van der Waals surface area (Å²) in [6.07, 6.45) is 0.463. The highest BCUT2D eigenvalue weighted by Gasteiger charge is 2.12. The van der Waals surface area contributed by atoms with Gasteiger partial charge in [0.2, 0.25) is 0 Å². The minimum atomic E-state index is -0.667. The van der Waals surface area contributed by atoms with E-state index >= 15 is 0 Å². The molecule has 0 spiro atoms. The van der Waals surface area contributed by atoms with Crippen molar-refractivity contribution in [3.05, 3.63) is 35.4 Å². The van der Waals surface area contributed by atoms with Gasteiger partial charge in [-0.1, -0.05) is 52.0 Å². The average molecular weight is 206 g/mol. The summed E-state index contributed by atoms with van der Waals surface area (Å²) in [4.78, 5) is 0. The predicted octanol–water partition coefficient (Wildman–Crippen LogP) is 2.02. The molecule has 6 radical (unpaired) electrons. The van der Waals surface area contributed by atoms with Crippen molar-refractivity contribution in [2.45, 2.75) is 39.5 Å². The highest BCUT2D eigenvalue weighted by molar-refractivity contribution is 7.49. The van der Waals surface area contributed by atoms with Gasteiger partial charge in [-0.25, -0.2) is 0 Å². The van der Waals surface area contributed by atoms with E-state index in [1.807, 2.05) is 0 Å². The Morgan fingerprint density at radius 3 is 1.62 bits per heavy atom. The standard InChI is InChI=1S/C12H18.B4/c1-5-10-6-8-11(9-7-10)12(2,3)4;1-4(2)3/h6-9H,5H2,1-4H3;. The van der Waals surface area contributed by atoms with E-state index in [4.69, 9.17) is 0 Å². The third-order valence-corrected chi connectivity index (χ3v) is 2.23. The second kappa shape index (κ2) is 6.93. The summed E-state index contributed by atoms with van der Waals surface area (Å²) in [6, 6.07) is 8.92. The zero-order valence-electron chi connectivity index (χ0n) is 10.8. The van der Waals surface area contributed by atoms with Crippen LogP contribution in [0.4, 0.5) is 0 Å². The second-order valence-electron chi connectivity index (χ2n) is 4.88. The van der Waals surface area contributed by atoms with E-state index in [1.165, 1.54) is 11.1 Å². The zero-order valence-corrected chi connectivity index (χ0v) is 10.8. The summed E-state index contributed by atoms with van der Waals surface area (Å²) in [5.41, 5.74) is 3.12. The summed E-state index contributed by atoms with van der Waals surface area (Å²) in [7, 11) is 14.0. The molecule has 0 aromatic heterocycles. The molecule has 0 heterocycles. The molecule has 0 bridgehead atoms. The van der Waals surface area contributed by atoms with Crippen LogP contribution in [0.1, 0.15) is 38.8 Å². The SMILES string of the molecule is CCc1ccc(C(C)(C)C)cc1.[B]B([B])[B]. The van der Waals surface area contributed by atoms with Crippen molar-refractivity contribution in [1.82, 2.24) is 0 Å². The van der Waals surface area contributed by atoms with E-state index < -0.39 is 6.39 Å². The number of benzene rings is 1. The molecule has 0 nitrogen and oxygen atoms in total. The maximum Gasteiger partial charge on any atom is 0 e. The Kier molecular flexibility index (Phi) is 6.71. The molecular weight excluding hydrogens is 187 g/mol. The van der Waals surface area contributed by atoms with Gasteiger partial charge in [0, 0.05) is 29.6 Å². The average Bonchev–Trinajstić information content (AvgIpc) is 2.16. The molecule has 1 aromatic carbocycles. The Bertz CT molecular complexity index is 282. The number of aryl methyl sites for hydroxylation is 1. The van der Waals surface area contributed by atoms with Crippen LogP contribution in [0, 0.1) is 0 Å². The largest absolute Gasteiger partial charge is 0.0613 e. The van der Waals surface area contributed by atoms with Crippen LogP contribution in [0.3, 0.4) is 0 Å². The number of rotatable bonds is 1. The molecule has 0 N–H and O–H groups in total. The third kappa shape index (κ3) is 6.87. The molecule has 4 heteroatoms. The number of hydrogen-bond donors (Lipinski definition) is 0. The van der Waals surface area contributed by atoms with Crippen molar-refractivity contribution in [2.75, 3.05) is 0 Å². The van der Waals surface area contributed by atoms with Crippen LogP contribution < -0.4 is 0 Å². The quantitative estimate of drug-likeness (QED) is 0.616. The van der Waals surface area contributed by atoms with Gasteiger partial charge in [-0.15, -0.1) is 0 Å². The summed E-state index contributed by atoms with van der Waals surface area (Å²) in [5.74, 6) is 0. The fourth-order valence-electron chi connectivity index (χ4n) is 1.24. The van der Waals surface area contributed by atoms with Gasteiger partial charge >= 0.3 is 0 Å². The van der Waals surface area contributed by atoms with Gasteiger partial charge in [0.05, 0.1) is 0 Å². The van der Waals surface area contributed by atoms with Crippen LogP contribution in [0.25, 0.3) is 0 Å². The molecule has 0 saturated heterocycles. The van der Waals surface area contributed by atoms with Gasteiger partial charge in [0.1, 0.15) is 0 Å². The van der Waals surface area contributed by atoms with Crippen molar-refractivity contribution in [3.63, 3.8) is 0 Å². The Labute approximate surface area is 105 Å². The molecule has 0 saturated carbocycles. The van der Waals surface area contributed by atoms with Gasteiger partial charge in [-0.05, 0) is 23.0 Å². The topological polar surface area (TPSA) is 0 Å². The lowest BCUT2D eigenvalue weighted by molar-refractivity contribution is 0.590. The highest BCUT2D eigenvalue weighted by atomic mass is 14.2. The zero-order chi connectivity index (χ0) is 12.8. The molecule has 0 unspecified atom stereocenters. The summed E-state index contributed by atoms with van der Waals surface area (Å²) >= 11 is 0. The maximum atomic E-state index is 4.67. The van der Waals surface area contributed by atoms with Crippen molar-refractivity contribution in [2.24, 2.45) is 0 Å². The van der Waals surface area contributed by atoms with Crippen molar-refractivity contribution in [3.8, 4) is 0 Å². The maximum absolute atomic E-state index is 4.67. The first-order chi connectivity index (χ1) is 7.27. The molecule has 16 heavy (non-hydrogen) atoms. The molecule has 0 aliphatic carbocycles. The lowest BCUT2D eigenvalue weighted by Crippen LogP contribution is -2.11. The molecule has 1 rings (SSSR count). The second-order valence-corrected chi connectivity index (χ2v) is 4.88. The Morgan fingerprint density at radius 2 is 1.38 bits per heavy atom. The van der Waals surface area contributed by atoms with Crippen LogP contribution in [0.15, 0.2) is 24.3 Å². The molecule has 1 aromatic rings. The fourth-order valence-corrected chi connectivity index (χ4v) is 1.24. The number of hydrogen-bond acceptors (Lipinski definition) is 0. The molecule has 0 fully saturated rings. The first-order valence-electron chi connectivity index (χ1n) is 5.63. The van der Waals surface area contributed by atoms with Crippen molar-refractivity contribution < 1.29 is 0 Å². The minimum Gasteiger partial charge on any atom is -0.0613 e.